The largest absolute Gasteiger partial charge is 0.497 e. The molecule has 0 spiro atoms. The highest BCUT2D eigenvalue weighted by Crippen LogP contribution is 2.29. The Labute approximate surface area is 198 Å². The van der Waals surface area contributed by atoms with E-state index in [1.165, 1.54) is 4.57 Å². The fourth-order valence-electron chi connectivity index (χ4n) is 4.16. The van der Waals surface area contributed by atoms with Crippen molar-refractivity contribution in [2.24, 2.45) is 0 Å². The van der Waals surface area contributed by atoms with Crippen molar-refractivity contribution in [2.45, 2.75) is 45.4 Å². The van der Waals surface area contributed by atoms with Crippen LogP contribution in [0.1, 0.15) is 41.3 Å². The van der Waals surface area contributed by atoms with Crippen LogP contribution in [0.4, 0.5) is 5.82 Å². The number of nitrogens with two attached hydrogens (primary N) is 1. The quantitative estimate of drug-likeness (QED) is 0.465. The van der Waals surface area contributed by atoms with Gasteiger partial charge >= 0.3 is 5.69 Å². The zero-order valence-electron chi connectivity index (χ0n) is 19.6. The number of benzene rings is 2. The molecule has 2 N–H and O–H groups in total. The third-order valence-corrected chi connectivity index (χ3v) is 6.20. The van der Waals surface area contributed by atoms with E-state index in [2.05, 4.69) is 4.90 Å². The van der Waals surface area contributed by atoms with E-state index in [-0.39, 0.29) is 42.8 Å². The molecule has 1 heterocycles. The number of rotatable bonds is 10. The van der Waals surface area contributed by atoms with Crippen molar-refractivity contribution in [2.75, 3.05) is 19.4 Å². The lowest BCUT2D eigenvalue weighted by Crippen LogP contribution is -2.45. The van der Waals surface area contributed by atoms with Crippen molar-refractivity contribution in [1.82, 2.24) is 14.0 Å². The molecule has 1 aliphatic carbocycles. The molecule has 8 heteroatoms. The van der Waals surface area contributed by atoms with E-state index in [4.69, 9.17) is 10.5 Å². The molecule has 0 unspecified atom stereocenters. The van der Waals surface area contributed by atoms with Gasteiger partial charge in [0, 0.05) is 19.1 Å². The second-order valence-corrected chi connectivity index (χ2v) is 8.57. The first-order valence-corrected chi connectivity index (χ1v) is 11.5. The van der Waals surface area contributed by atoms with Gasteiger partial charge in [0.05, 0.1) is 20.2 Å². The number of carbonyl (C=O) groups excluding carboxylic acids is 1. The molecule has 0 amide bonds. The smallest absolute Gasteiger partial charge is 0.332 e. The summed E-state index contributed by atoms with van der Waals surface area (Å²) in [5.74, 6) is 0.326. The number of nitrogen functional groups attached to an aromatic ring is 1. The van der Waals surface area contributed by atoms with Crippen LogP contribution in [0, 0.1) is 0 Å². The van der Waals surface area contributed by atoms with Crippen molar-refractivity contribution in [3.05, 3.63) is 92.1 Å². The molecule has 2 aromatic carbocycles. The van der Waals surface area contributed by atoms with Crippen LogP contribution in [0.25, 0.3) is 0 Å². The molecule has 0 bridgehead atoms. The van der Waals surface area contributed by atoms with Crippen molar-refractivity contribution in [1.29, 1.82) is 0 Å². The topological polar surface area (TPSA) is 99.6 Å². The molecule has 0 aliphatic heterocycles. The Hall–Kier alpha value is -3.65. The molecule has 3 aromatic rings. The summed E-state index contributed by atoms with van der Waals surface area (Å²) in [6, 6.07) is 17.4. The highest BCUT2D eigenvalue weighted by atomic mass is 16.5. The number of nitrogens with zero attached hydrogens (tertiary/aromatic N) is 3. The molecule has 0 atom stereocenters. The minimum Gasteiger partial charge on any atom is -0.497 e. The van der Waals surface area contributed by atoms with Crippen LogP contribution in [0.15, 0.2) is 64.2 Å². The van der Waals surface area contributed by atoms with Gasteiger partial charge in [0.25, 0.3) is 5.56 Å². The zero-order valence-corrected chi connectivity index (χ0v) is 19.6. The molecule has 8 nitrogen and oxygen atoms in total. The van der Waals surface area contributed by atoms with Gasteiger partial charge in [-0.05, 0) is 43.0 Å². The van der Waals surface area contributed by atoms with E-state index in [1.54, 1.807) is 14.0 Å². The van der Waals surface area contributed by atoms with Crippen molar-refractivity contribution in [3.63, 3.8) is 0 Å². The lowest BCUT2D eigenvalue weighted by atomic mass is 10.1. The average molecular weight is 463 g/mol. The SMILES string of the molecule is CCn1c(=O)c(C(=O)CN(Cc2ccc(OC)cc2)C2CC2)c(N)n(Cc2ccccc2)c1=O. The normalized spacial score (nSPS) is 13.3. The Morgan fingerprint density at radius 2 is 1.71 bits per heavy atom. The monoisotopic (exact) mass is 462 g/mol. The summed E-state index contributed by atoms with van der Waals surface area (Å²) in [5, 5.41) is 0. The standard InChI is InChI=1S/C26H30N4O4/c1-3-29-25(32)23(24(27)30(26(29)33)16-18-7-5-4-6-8-18)22(31)17-28(20-11-12-20)15-19-9-13-21(34-2)14-10-19/h4-10,13-14,20H,3,11-12,15-17,27H2,1-2H3. The van der Waals surface area contributed by atoms with Crippen LogP contribution in [-0.4, -0.2) is 39.5 Å². The number of hydrogen-bond acceptors (Lipinski definition) is 6. The highest BCUT2D eigenvalue weighted by Gasteiger charge is 2.32. The Morgan fingerprint density at radius 3 is 2.29 bits per heavy atom. The first-order valence-electron chi connectivity index (χ1n) is 11.5. The molecule has 1 aliphatic rings. The van der Waals surface area contributed by atoms with Crippen LogP contribution in [-0.2, 0) is 19.6 Å². The Bertz CT molecular complexity index is 1280. The summed E-state index contributed by atoms with van der Waals surface area (Å²) < 4.78 is 7.62. The lowest BCUT2D eigenvalue weighted by molar-refractivity contribution is 0.0917. The summed E-state index contributed by atoms with van der Waals surface area (Å²) in [5.41, 5.74) is 6.96. The molecule has 1 fully saturated rings. The molecule has 178 valence electrons. The van der Waals surface area contributed by atoms with Gasteiger partial charge in [-0.15, -0.1) is 0 Å². The van der Waals surface area contributed by atoms with E-state index >= 15 is 0 Å². The van der Waals surface area contributed by atoms with Crippen LogP contribution in [0.5, 0.6) is 5.75 Å². The minimum atomic E-state index is -0.625. The van der Waals surface area contributed by atoms with Crippen LogP contribution in [0.2, 0.25) is 0 Å². The summed E-state index contributed by atoms with van der Waals surface area (Å²) in [6.45, 7) is 2.69. The first kappa shape index (κ1) is 23.5. The van der Waals surface area contributed by atoms with Gasteiger partial charge < -0.3 is 10.5 Å². The average Bonchev–Trinajstić information content (AvgIpc) is 3.68. The summed E-state index contributed by atoms with van der Waals surface area (Å²) in [4.78, 5) is 41.6. The second-order valence-electron chi connectivity index (χ2n) is 8.57. The highest BCUT2D eigenvalue weighted by molar-refractivity contribution is 6.01. The number of ether oxygens (including phenoxy) is 1. The zero-order chi connectivity index (χ0) is 24.2. The van der Waals surface area contributed by atoms with Crippen molar-refractivity contribution < 1.29 is 9.53 Å². The van der Waals surface area contributed by atoms with Crippen LogP contribution < -0.4 is 21.7 Å². The Morgan fingerprint density at radius 1 is 1.03 bits per heavy atom. The predicted molar refractivity (Wildman–Crippen MR) is 131 cm³/mol. The van der Waals surface area contributed by atoms with E-state index in [0.717, 1.165) is 34.3 Å². The number of carbonyl (C=O) groups is 1. The molecule has 1 saturated carbocycles. The number of methoxy groups -OCH3 is 1. The summed E-state index contributed by atoms with van der Waals surface area (Å²) in [6.07, 6.45) is 2.01. The van der Waals surface area contributed by atoms with Gasteiger partial charge in [-0.2, -0.15) is 0 Å². The number of anilines is 1. The fraction of sp³-hybridized carbons (Fsp3) is 0.346. The number of aromatic nitrogens is 2. The summed E-state index contributed by atoms with van der Waals surface area (Å²) >= 11 is 0. The molecule has 0 radical (unpaired) electrons. The van der Waals surface area contributed by atoms with E-state index in [9.17, 15) is 14.4 Å². The second kappa shape index (κ2) is 10.1. The first-order chi connectivity index (χ1) is 16.4. The molecular formula is C26H30N4O4. The predicted octanol–water partition coefficient (Wildman–Crippen LogP) is 2.52. The molecule has 1 aromatic heterocycles. The maximum Gasteiger partial charge on any atom is 0.332 e. The third kappa shape index (κ3) is 4.97. The number of ketones is 1. The Kier molecular flexibility index (Phi) is 6.98. The van der Waals surface area contributed by atoms with Crippen molar-refractivity contribution in [3.8, 4) is 5.75 Å². The van der Waals surface area contributed by atoms with Gasteiger partial charge in [-0.3, -0.25) is 23.6 Å². The third-order valence-electron chi connectivity index (χ3n) is 6.20. The summed E-state index contributed by atoms with van der Waals surface area (Å²) in [7, 11) is 1.62. The molecule has 0 saturated heterocycles. The molecular weight excluding hydrogens is 432 g/mol. The van der Waals surface area contributed by atoms with Gasteiger partial charge in [0.15, 0.2) is 5.78 Å². The molecule has 34 heavy (non-hydrogen) atoms. The maximum atomic E-state index is 13.4. The van der Waals surface area contributed by atoms with Gasteiger partial charge in [-0.25, -0.2) is 4.79 Å². The van der Waals surface area contributed by atoms with Crippen LogP contribution >= 0.6 is 0 Å². The lowest BCUT2D eigenvalue weighted by Gasteiger charge is -2.22. The van der Waals surface area contributed by atoms with Gasteiger partial charge in [0.2, 0.25) is 0 Å². The maximum absolute atomic E-state index is 13.4. The van der Waals surface area contributed by atoms with Gasteiger partial charge in [-0.1, -0.05) is 42.5 Å². The van der Waals surface area contributed by atoms with E-state index in [0.29, 0.717) is 6.54 Å². The van der Waals surface area contributed by atoms with E-state index in [1.807, 2.05) is 54.6 Å². The minimum absolute atomic E-state index is 0.0589. The van der Waals surface area contributed by atoms with Crippen LogP contribution in [0.3, 0.4) is 0 Å². The van der Waals surface area contributed by atoms with Gasteiger partial charge in [0.1, 0.15) is 17.1 Å². The number of Topliss-reactive ketones (excluding diaryl/α,β-unsaturated/α-hetero) is 1. The van der Waals surface area contributed by atoms with Crippen molar-refractivity contribution >= 4 is 11.6 Å². The van der Waals surface area contributed by atoms with E-state index < -0.39 is 11.2 Å². The fourth-order valence-corrected chi connectivity index (χ4v) is 4.16. The molecule has 4 rings (SSSR count). The Balaban J connectivity index is 1.65. The number of hydrogen-bond donors (Lipinski definition) is 1.